The van der Waals surface area contributed by atoms with Crippen LogP contribution >= 0.6 is 0 Å². The van der Waals surface area contributed by atoms with E-state index in [1.54, 1.807) is 13.0 Å². The third-order valence-electron chi connectivity index (χ3n) is 2.04. The van der Waals surface area contributed by atoms with Crippen molar-refractivity contribution in [3.63, 3.8) is 0 Å². The maximum absolute atomic E-state index is 10.5. The van der Waals surface area contributed by atoms with Gasteiger partial charge in [0.15, 0.2) is 0 Å². The van der Waals surface area contributed by atoms with Crippen LogP contribution in [0.15, 0.2) is 23.3 Å². The van der Waals surface area contributed by atoms with Crippen LogP contribution < -0.4 is 0 Å². The SMILES string of the molecule is Cc1cc([N+](=O)[O-])ccc1C#CCCN=[N+]=[N-]. The number of aryl methyl sites for hydroxylation is 1. The first kappa shape index (κ1) is 12.6. The van der Waals surface area contributed by atoms with Crippen LogP contribution in [0.3, 0.4) is 0 Å². The monoisotopic (exact) mass is 230 g/mol. The molecule has 0 fully saturated rings. The molecular weight excluding hydrogens is 220 g/mol. The summed E-state index contributed by atoms with van der Waals surface area (Å²) in [6.07, 6.45) is 0.473. The second-order valence-electron chi connectivity index (χ2n) is 3.26. The van der Waals surface area contributed by atoms with Crippen molar-refractivity contribution in [3.05, 3.63) is 49.9 Å². The van der Waals surface area contributed by atoms with E-state index in [0.29, 0.717) is 13.0 Å². The Morgan fingerprint density at radius 2 is 2.35 bits per heavy atom. The summed E-state index contributed by atoms with van der Waals surface area (Å²) >= 11 is 0. The predicted molar refractivity (Wildman–Crippen MR) is 63.3 cm³/mol. The normalized spacial score (nSPS) is 8.76. The highest BCUT2D eigenvalue weighted by Crippen LogP contribution is 2.16. The molecule has 0 aliphatic heterocycles. The first-order valence-electron chi connectivity index (χ1n) is 4.90. The lowest BCUT2D eigenvalue weighted by atomic mass is 10.1. The van der Waals surface area contributed by atoms with Crippen molar-refractivity contribution in [2.24, 2.45) is 5.11 Å². The van der Waals surface area contributed by atoms with Crippen molar-refractivity contribution in [3.8, 4) is 11.8 Å². The van der Waals surface area contributed by atoms with Crippen molar-refractivity contribution in [2.75, 3.05) is 6.54 Å². The fourth-order valence-corrected chi connectivity index (χ4v) is 1.21. The maximum Gasteiger partial charge on any atom is 0.269 e. The minimum atomic E-state index is -0.439. The summed E-state index contributed by atoms with van der Waals surface area (Å²) in [5, 5.41) is 13.9. The molecule has 0 saturated heterocycles. The molecule has 0 heterocycles. The second-order valence-corrected chi connectivity index (χ2v) is 3.26. The molecule has 0 amide bonds. The number of hydrogen-bond acceptors (Lipinski definition) is 3. The van der Waals surface area contributed by atoms with Crippen LogP contribution in [0, 0.1) is 28.9 Å². The second kappa shape index (κ2) is 6.16. The third-order valence-corrected chi connectivity index (χ3v) is 2.04. The van der Waals surface area contributed by atoms with Gasteiger partial charge < -0.3 is 0 Å². The Balaban J connectivity index is 2.78. The third kappa shape index (κ3) is 3.86. The van der Waals surface area contributed by atoms with Crippen molar-refractivity contribution in [1.29, 1.82) is 0 Å². The van der Waals surface area contributed by atoms with Gasteiger partial charge in [-0.1, -0.05) is 17.0 Å². The van der Waals surface area contributed by atoms with Gasteiger partial charge in [-0.15, -0.1) is 0 Å². The van der Waals surface area contributed by atoms with Gasteiger partial charge in [-0.25, -0.2) is 0 Å². The molecule has 1 aromatic rings. The zero-order valence-corrected chi connectivity index (χ0v) is 9.25. The number of benzene rings is 1. The molecule has 6 nitrogen and oxygen atoms in total. The quantitative estimate of drug-likeness (QED) is 0.152. The number of nitrogens with zero attached hydrogens (tertiary/aromatic N) is 4. The van der Waals surface area contributed by atoms with Gasteiger partial charge >= 0.3 is 0 Å². The Kier molecular flexibility index (Phi) is 4.55. The number of non-ortho nitro benzene ring substituents is 1. The first-order chi connectivity index (χ1) is 8.15. The fourth-order valence-electron chi connectivity index (χ4n) is 1.21. The minimum Gasteiger partial charge on any atom is -0.258 e. The predicted octanol–water partition coefficient (Wildman–Crippen LogP) is 2.96. The minimum absolute atomic E-state index is 0.0575. The summed E-state index contributed by atoms with van der Waals surface area (Å²) in [4.78, 5) is 12.7. The van der Waals surface area contributed by atoms with E-state index in [1.165, 1.54) is 12.1 Å². The van der Waals surface area contributed by atoms with Gasteiger partial charge in [0, 0.05) is 35.6 Å². The van der Waals surface area contributed by atoms with Crippen LogP contribution in [0.2, 0.25) is 0 Å². The largest absolute Gasteiger partial charge is 0.269 e. The molecule has 0 saturated carbocycles. The van der Waals surface area contributed by atoms with Crippen LogP contribution in [0.4, 0.5) is 5.69 Å². The van der Waals surface area contributed by atoms with E-state index in [0.717, 1.165) is 11.1 Å². The Morgan fingerprint density at radius 3 is 2.94 bits per heavy atom. The standard InChI is InChI=1S/C11H10N4O2/c1-9-8-11(15(16)17)6-5-10(9)4-2-3-7-13-14-12/h5-6,8H,3,7H2,1H3. The van der Waals surface area contributed by atoms with Gasteiger partial charge in [-0.05, 0) is 24.1 Å². The number of hydrogen-bond donors (Lipinski definition) is 0. The molecule has 0 atom stereocenters. The first-order valence-corrected chi connectivity index (χ1v) is 4.90. The van der Waals surface area contributed by atoms with Gasteiger partial charge in [-0.3, -0.25) is 10.1 Å². The van der Waals surface area contributed by atoms with Crippen LogP contribution in [0.5, 0.6) is 0 Å². The lowest BCUT2D eigenvalue weighted by Gasteiger charge is -1.97. The fraction of sp³-hybridized carbons (Fsp3) is 0.273. The van der Waals surface area contributed by atoms with Crippen LogP contribution in [0.1, 0.15) is 17.5 Å². The molecule has 1 rings (SSSR count). The Morgan fingerprint density at radius 1 is 1.59 bits per heavy atom. The molecule has 0 bridgehead atoms. The van der Waals surface area contributed by atoms with Gasteiger partial charge in [0.05, 0.1) is 4.92 Å². The summed E-state index contributed by atoms with van der Waals surface area (Å²) in [5.74, 6) is 5.72. The molecular formula is C11H10N4O2. The molecule has 0 N–H and O–H groups in total. The smallest absolute Gasteiger partial charge is 0.258 e. The molecule has 17 heavy (non-hydrogen) atoms. The van der Waals surface area contributed by atoms with E-state index in [1.807, 2.05) is 0 Å². The van der Waals surface area contributed by atoms with E-state index >= 15 is 0 Å². The molecule has 0 unspecified atom stereocenters. The summed E-state index contributed by atoms with van der Waals surface area (Å²) in [5.41, 5.74) is 9.62. The summed E-state index contributed by atoms with van der Waals surface area (Å²) in [6.45, 7) is 2.10. The summed E-state index contributed by atoms with van der Waals surface area (Å²) in [7, 11) is 0. The number of nitro benzene ring substituents is 1. The van der Waals surface area contributed by atoms with Crippen molar-refractivity contribution < 1.29 is 4.92 Å². The number of rotatable bonds is 3. The Bertz CT molecular complexity index is 536. The van der Waals surface area contributed by atoms with E-state index in [2.05, 4.69) is 21.9 Å². The maximum atomic E-state index is 10.5. The molecule has 0 radical (unpaired) electrons. The lowest BCUT2D eigenvalue weighted by Crippen LogP contribution is -1.90. The average Bonchev–Trinajstić information content (AvgIpc) is 2.30. The highest BCUT2D eigenvalue weighted by Gasteiger charge is 2.06. The highest BCUT2D eigenvalue weighted by atomic mass is 16.6. The van der Waals surface area contributed by atoms with E-state index in [9.17, 15) is 10.1 Å². The topological polar surface area (TPSA) is 91.9 Å². The molecule has 0 aliphatic rings. The van der Waals surface area contributed by atoms with Crippen LogP contribution in [-0.2, 0) is 0 Å². The van der Waals surface area contributed by atoms with Crippen molar-refractivity contribution in [2.45, 2.75) is 13.3 Å². The van der Waals surface area contributed by atoms with E-state index < -0.39 is 4.92 Å². The number of azide groups is 1. The Hall–Kier alpha value is -2.51. The molecule has 6 heteroatoms. The van der Waals surface area contributed by atoms with Gasteiger partial charge in [0.2, 0.25) is 0 Å². The lowest BCUT2D eigenvalue weighted by molar-refractivity contribution is -0.384. The molecule has 0 aromatic heterocycles. The zero-order valence-electron chi connectivity index (χ0n) is 9.25. The van der Waals surface area contributed by atoms with E-state index in [-0.39, 0.29) is 5.69 Å². The van der Waals surface area contributed by atoms with Gasteiger partial charge in [-0.2, -0.15) is 0 Å². The number of nitro groups is 1. The molecule has 0 spiro atoms. The van der Waals surface area contributed by atoms with Crippen molar-refractivity contribution >= 4 is 5.69 Å². The van der Waals surface area contributed by atoms with Crippen molar-refractivity contribution in [1.82, 2.24) is 0 Å². The highest BCUT2D eigenvalue weighted by molar-refractivity contribution is 5.47. The molecule has 0 aliphatic carbocycles. The summed E-state index contributed by atoms with van der Waals surface area (Å²) in [6, 6.07) is 4.52. The van der Waals surface area contributed by atoms with Crippen LogP contribution in [-0.4, -0.2) is 11.5 Å². The van der Waals surface area contributed by atoms with Crippen LogP contribution in [0.25, 0.3) is 10.4 Å². The molecule has 86 valence electrons. The molecule has 1 aromatic carbocycles. The summed E-state index contributed by atoms with van der Waals surface area (Å²) < 4.78 is 0. The van der Waals surface area contributed by atoms with Gasteiger partial charge in [0.25, 0.3) is 5.69 Å². The Labute approximate surface area is 98.0 Å². The average molecular weight is 230 g/mol. The zero-order chi connectivity index (χ0) is 12.7. The van der Waals surface area contributed by atoms with E-state index in [4.69, 9.17) is 5.53 Å². The van der Waals surface area contributed by atoms with Gasteiger partial charge in [0.1, 0.15) is 0 Å².